The Labute approximate surface area is 243 Å². The summed E-state index contributed by atoms with van der Waals surface area (Å²) < 4.78 is 38.2. The zero-order valence-corrected chi connectivity index (χ0v) is 26.0. The normalized spacial score (nSPS) is 18.9. The zero-order chi connectivity index (χ0) is 30.9. The molecular weight excluding hydrogens is 543 g/mol. The monoisotopic (exact) mass is 591 g/mol. The first-order valence-corrected chi connectivity index (χ1v) is 14.5. The molecule has 230 valence electrons. The maximum absolute atomic E-state index is 12.7. The number of carbonyl (C=O) groups excluding carboxylic acids is 1. The van der Waals surface area contributed by atoms with E-state index in [0.717, 1.165) is 24.5 Å². The van der Waals surface area contributed by atoms with E-state index < -0.39 is 24.0 Å². The number of allylic oxidation sites excluding steroid dienone is 5. The second-order valence-electron chi connectivity index (χ2n) is 8.71. The lowest BCUT2D eigenvalue weighted by atomic mass is 9.95. The Morgan fingerprint density at radius 1 is 1.15 bits per heavy atom. The summed E-state index contributed by atoms with van der Waals surface area (Å²) in [7, 11) is 3.46. The van der Waals surface area contributed by atoms with Gasteiger partial charge in [0.1, 0.15) is 10.9 Å². The lowest BCUT2D eigenvalue weighted by Gasteiger charge is -2.26. The SMILES string of the molecule is CC.CC.CC.CN(CC1C=C(C(F)(F)F)NN1)C(=O)C1=CC=C(CCNCC(O)C2=CC=C(Cl)N(C)C2)CC1. The number of aliphatic hydroxyl groups is 1. The molecule has 0 aromatic rings. The fourth-order valence-electron chi connectivity index (χ4n) is 3.95. The molecule has 0 saturated carbocycles. The molecular formula is C29H49ClF3N5O2. The van der Waals surface area contributed by atoms with Gasteiger partial charge in [0, 0.05) is 39.3 Å². The number of carbonyl (C=O) groups is 1. The molecule has 1 aliphatic carbocycles. The third-order valence-electron chi connectivity index (χ3n) is 6.00. The number of aliphatic hydroxyl groups excluding tert-OH is 1. The Bertz CT molecular complexity index is 929. The van der Waals surface area contributed by atoms with Crippen LogP contribution < -0.4 is 16.2 Å². The molecule has 0 aromatic carbocycles. The van der Waals surface area contributed by atoms with E-state index in [1.54, 1.807) is 19.2 Å². The maximum atomic E-state index is 12.7. The van der Waals surface area contributed by atoms with Gasteiger partial charge in [0.05, 0.1) is 12.1 Å². The van der Waals surface area contributed by atoms with Gasteiger partial charge in [0.2, 0.25) is 5.91 Å². The van der Waals surface area contributed by atoms with Gasteiger partial charge in [0.15, 0.2) is 0 Å². The van der Waals surface area contributed by atoms with Crippen LogP contribution in [0.25, 0.3) is 0 Å². The van der Waals surface area contributed by atoms with E-state index in [1.807, 2.05) is 65.6 Å². The fourth-order valence-corrected chi connectivity index (χ4v) is 4.07. The molecule has 2 unspecified atom stereocenters. The highest BCUT2D eigenvalue weighted by atomic mass is 35.5. The summed E-state index contributed by atoms with van der Waals surface area (Å²) >= 11 is 6.02. The number of amides is 1. The van der Waals surface area contributed by atoms with E-state index >= 15 is 0 Å². The lowest BCUT2D eigenvalue weighted by Crippen LogP contribution is -2.43. The molecule has 2 aliphatic heterocycles. The standard InChI is InChI=1S/C23H31ClF3N5O2.3C2H6/c1-31-13-17(7-8-21(31)24)19(33)12-28-10-9-15-3-5-16(6-4-15)22(34)32(2)14-18-11-20(30-29-18)23(25,26)27;3*1-2/h3,5,7-8,11,18-19,28-30,33H,4,6,9-10,12-14H2,1-2H3;3*1-2H3. The summed E-state index contributed by atoms with van der Waals surface area (Å²) in [6, 6.07) is -0.611. The van der Waals surface area contributed by atoms with Crippen molar-refractivity contribution in [1.29, 1.82) is 0 Å². The number of likely N-dealkylation sites (N-methyl/N-ethyl adjacent to an activating group) is 2. The molecule has 2 atom stereocenters. The molecule has 3 rings (SSSR count). The highest BCUT2D eigenvalue weighted by Gasteiger charge is 2.37. The highest BCUT2D eigenvalue weighted by Crippen LogP contribution is 2.26. The maximum Gasteiger partial charge on any atom is 0.431 e. The Morgan fingerprint density at radius 2 is 1.80 bits per heavy atom. The van der Waals surface area contributed by atoms with Crippen molar-refractivity contribution in [1.82, 2.24) is 26.0 Å². The summed E-state index contributed by atoms with van der Waals surface area (Å²) in [5.41, 5.74) is 6.57. The molecule has 0 fully saturated rings. The van der Waals surface area contributed by atoms with Gasteiger partial charge in [-0.3, -0.25) is 4.79 Å². The number of rotatable bonds is 9. The van der Waals surface area contributed by atoms with E-state index in [-0.39, 0.29) is 12.5 Å². The van der Waals surface area contributed by atoms with Gasteiger partial charge in [-0.1, -0.05) is 76.9 Å². The first-order valence-electron chi connectivity index (χ1n) is 14.2. The predicted octanol–water partition coefficient (Wildman–Crippen LogP) is 5.39. The minimum Gasteiger partial charge on any atom is -0.387 e. The summed E-state index contributed by atoms with van der Waals surface area (Å²) in [6.45, 7) is 13.9. The van der Waals surface area contributed by atoms with Crippen LogP contribution in [0.4, 0.5) is 13.2 Å². The van der Waals surface area contributed by atoms with E-state index in [2.05, 4.69) is 16.2 Å². The van der Waals surface area contributed by atoms with Crippen LogP contribution in [0.1, 0.15) is 60.8 Å². The van der Waals surface area contributed by atoms with Crippen molar-refractivity contribution in [2.75, 3.05) is 40.3 Å². The Kier molecular flexibility index (Phi) is 18.6. The molecule has 4 N–H and O–H groups in total. The van der Waals surface area contributed by atoms with Gasteiger partial charge in [-0.15, -0.1) is 0 Å². The van der Waals surface area contributed by atoms with Crippen molar-refractivity contribution in [2.45, 2.75) is 79.1 Å². The Morgan fingerprint density at radius 3 is 2.33 bits per heavy atom. The molecule has 2 heterocycles. The second kappa shape index (κ2) is 19.7. The van der Waals surface area contributed by atoms with E-state index in [0.29, 0.717) is 36.8 Å². The van der Waals surface area contributed by atoms with Crippen molar-refractivity contribution in [2.24, 2.45) is 0 Å². The van der Waals surface area contributed by atoms with E-state index in [9.17, 15) is 23.1 Å². The number of nitrogens with zero attached hydrogens (tertiary/aromatic N) is 2. The molecule has 0 saturated heterocycles. The van der Waals surface area contributed by atoms with Crippen LogP contribution in [-0.4, -0.2) is 79.4 Å². The Balaban J connectivity index is 0.00000237. The number of halogens is 4. The fraction of sp³-hybridized carbons (Fsp3) is 0.621. The number of alkyl halides is 3. The van der Waals surface area contributed by atoms with Crippen LogP contribution in [0, 0.1) is 0 Å². The summed E-state index contributed by atoms with van der Waals surface area (Å²) in [6.07, 6.45) is 5.51. The van der Waals surface area contributed by atoms with Crippen molar-refractivity contribution >= 4 is 17.5 Å². The predicted molar refractivity (Wildman–Crippen MR) is 159 cm³/mol. The molecule has 3 aliphatic rings. The topological polar surface area (TPSA) is 79.9 Å². The van der Waals surface area contributed by atoms with Crippen molar-refractivity contribution in [3.63, 3.8) is 0 Å². The lowest BCUT2D eigenvalue weighted by molar-refractivity contribution is -0.126. The van der Waals surface area contributed by atoms with Crippen molar-refractivity contribution in [3.8, 4) is 0 Å². The summed E-state index contributed by atoms with van der Waals surface area (Å²) in [5.74, 6) is -0.188. The number of hydrazine groups is 1. The van der Waals surface area contributed by atoms with Crippen molar-refractivity contribution < 1.29 is 23.1 Å². The largest absolute Gasteiger partial charge is 0.431 e. The van der Waals surface area contributed by atoms with Gasteiger partial charge in [-0.25, -0.2) is 5.43 Å². The van der Waals surface area contributed by atoms with Crippen LogP contribution >= 0.6 is 11.6 Å². The van der Waals surface area contributed by atoms with E-state index in [4.69, 9.17) is 11.6 Å². The third kappa shape index (κ3) is 12.5. The number of hydrogen-bond acceptors (Lipinski definition) is 6. The molecule has 0 bridgehead atoms. The van der Waals surface area contributed by atoms with Crippen LogP contribution in [-0.2, 0) is 4.79 Å². The Hall–Kier alpha value is -2.27. The number of hydrogen-bond donors (Lipinski definition) is 4. The molecule has 0 spiro atoms. The minimum atomic E-state index is -4.44. The summed E-state index contributed by atoms with van der Waals surface area (Å²) in [5, 5.41) is 14.3. The van der Waals surface area contributed by atoms with Gasteiger partial charge < -0.3 is 25.6 Å². The van der Waals surface area contributed by atoms with Crippen LogP contribution in [0.3, 0.4) is 0 Å². The summed E-state index contributed by atoms with van der Waals surface area (Å²) in [4.78, 5) is 16.0. The molecule has 11 heteroatoms. The average Bonchev–Trinajstić information content (AvgIpc) is 3.45. The van der Waals surface area contributed by atoms with Gasteiger partial charge in [-0.2, -0.15) is 13.2 Å². The molecule has 1 amide bonds. The molecule has 40 heavy (non-hydrogen) atoms. The quantitative estimate of drug-likeness (QED) is 0.213. The van der Waals surface area contributed by atoms with Gasteiger partial charge in [0.25, 0.3) is 0 Å². The third-order valence-corrected chi connectivity index (χ3v) is 6.42. The van der Waals surface area contributed by atoms with Gasteiger partial charge >= 0.3 is 6.18 Å². The minimum absolute atomic E-state index is 0.125. The first-order chi connectivity index (χ1) is 19.0. The first kappa shape index (κ1) is 37.7. The number of nitrogens with one attached hydrogen (secondary N) is 3. The van der Waals surface area contributed by atoms with Crippen molar-refractivity contribution in [3.05, 3.63) is 58.0 Å². The second-order valence-corrected chi connectivity index (χ2v) is 9.10. The molecule has 7 nitrogen and oxygen atoms in total. The van der Waals surface area contributed by atoms with Gasteiger partial charge in [-0.05, 0) is 43.5 Å². The smallest absolute Gasteiger partial charge is 0.387 e. The van der Waals surface area contributed by atoms with E-state index in [1.165, 1.54) is 10.5 Å². The van der Waals surface area contributed by atoms with Crippen LogP contribution in [0.2, 0.25) is 0 Å². The highest BCUT2D eigenvalue weighted by molar-refractivity contribution is 6.29. The zero-order valence-electron chi connectivity index (χ0n) is 25.3. The molecule has 0 radical (unpaired) electrons. The molecule has 0 aromatic heterocycles. The van der Waals surface area contributed by atoms with Crippen LogP contribution in [0.15, 0.2) is 58.0 Å². The van der Waals surface area contributed by atoms with Crippen LogP contribution in [0.5, 0.6) is 0 Å². The average molecular weight is 592 g/mol.